The fraction of sp³-hybridized carbons (Fsp3) is 0. The molecule has 0 aliphatic carbocycles. The molecule has 4 rings (SSSR count). The van der Waals surface area contributed by atoms with Crippen molar-refractivity contribution in [3.63, 3.8) is 0 Å². The average molecular weight is 499 g/mol. The minimum atomic E-state index is -0.251. The summed E-state index contributed by atoms with van der Waals surface area (Å²) in [6, 6.07) is 22.4. The maximum Gasteiger partial charge on any atom is 0.257 e. The maximum atomic E-state index is 12.3. The molecule has 0 spiro atoms. The Balaban J connectivity index is 1.42. The molecule has 0 radical (unpaired) electrons. The van der Waals surface area contributed by atoms with Gasteiger partial charge < -0.3 is 9.73 Å². The fourth-order valence-corrected chi connectivity index (χ4v) is 3.41. The van der Waals surface area contributed by atoms with Crippen LogP contribution in [0.3, 0.4) is 0 Å². The molecule has 0 unspecified atom stereocenters. The fourth-order valence-electron chi connectivity index (χ4n) is 2.66. The molecule has 0 fully saturated rings. The van der Waals surface area contributed by atoms with Gasteiger partial charge in [-0.1, -0.05) is 18.2 Å². The van der Waals surface area contributed by atoms with Gasteiger partial charge in [-0.3, -0.25) is 10.1 Å². The Kier molecular flexibility index (Phi) is 5.36. The Labute approximate surface area is 180 Å². The molecule has 2 N–H and O–H groups in total. The van der Waals surface area contributed by atoms with E-state index in [1.54, 1.807) is 12.1 Å². The number of hydrogen-bond donors (Lipinski definition) is 2. The van der Waals surface area contributed by atoms with Gasteiger partial charge in [0.1, 0.15) is 5.52 Å². The van der Waals surface area contributed by atoms with Crippen LogP contribution in [0.5, 0.6) is 0 Å². The van der Waals surface area contributed by atoms with Crippen LogP contribution in [0.4, 0.5) is 5.69 Å². The largest absolute Gasteiger partial charge is 0.436 e. The van der Waals surface area contributed by atoms with Gasteiger partial charge >= 0.3 is 0 Å². The van der Waals surface area contributed by atoms with Crippen molar-refractivity contribution in [2.75, 3.05) is 5.32 Å². The Hall–Kier alpha value is -2.78. The lowest BCUT2D eigenvalue weighted by molar-refractivity contribution is 0.0977. The van der Waals surface area contributed by atoms with Crippen molar-refractivity contribution in [3.8, 4) is 11.5 Å². The van der Waals surface area contributed by atoms with E-state index in [4.69, 9.17) is 16.6 Å². The van der Waals surface area contributed by atoms with E-state index in [0.29, 0.717) is 11.5 Å². The van der Waals surface area contributed by atoms with Gasteiger partial charge in [-0.25, -0.2) is 4.98 Å². The van der Waals surface area contributed by atoms with Gasteiger partial charge in [0.05, 0.1) is 0 Å². The van der Waals surface area contributed by atoms with Gasteiger partial charge in [0.25, 0.3) is 5.91 Å². The topological polar surface area (TPSA) is 67.2 Å². The van der Waals surface area contributed by atoms with Crippen LogP contribution >= 0.6 is 34.8 Å². The number of rotatable bonds is 3. The van der Waals surface area contributed by atoms with Gasteiger partial charge in [0.15, 0.2) is 10.7 Å². The predicted octanol–water partition coefficient (Wildman–Crippen LogP) is 5.23. The number of thiocarbonyl (C=S) groups is 1. The molecule has 4 aromatic rings. The molecular weight excluding hydrogens is 485 g/mol. The highest BCUT2D eigenvalue weighted by molar-refractivity contribution is 14.1. The normalized spacial score (nSPS) is 10.6. The highest BCUT2D eigenvalue weighted by Crippen LogP contribution is 2.25. The van der Waals surface area contributed by atoms with Crippen LogP contribution in [0.2, 0.25) is 0 Å². The molecule has 0 aliphatic rings. The van der Waals surface area contributed by atoms with Crippen LogP contribution < -0.4 is 10.6 Å². The lowest BCUT2D eigenvalue weighted by atomic mass is 10.2. The van der Waals surface area contributed by atoms with Crippen molar-refractivity contribution >= 4 is 62.6 Å². The molecule has 0 saturated heterocycles. The molecule has 1 heterocycles. The number of halogens is 1. The highest BCUT2D eigenvalue weighted by Gasteiger charge is 2.10. The molecular formula is C21H14IN3O2S. The molecule has 0 saturated carbocycles. The summed E-state index contributed by atoms with van der Waals surface area (Å²) in [6.45, 7) is 0. The third-order valence-corrected chi connectivity index (χ3v) is 4.87. The number of nitrogens with one attached hydrogen (secondary N) is 2. The maximum absolute atomic E-state index is 12.3. The van der Waals surface area contributed by atoms with Gasteiger partial charge in [-0.2, -0.15) is 0 Å². The minimum Gasteiger partial charge on any atom is -0.436 e. The Morgan fingerprint density at radius 2 is 1.79 bits per heavy atom. The molecule has 0 bridgehead atoms. The summed E-state index contributed by atoms with van der Waals surface area (Å²) in [5.41, 5.74) is 3.74. The number of anilines is 1. The number of para-hydroxylation sites is 2. The molecule has 138 valence electrons. The number of carbonyl (C=O) groups excluding carboxylic acids is 1. The second kappa shape index (κ2) is 8.07. The van der Waals surface area contributed by atoms with E-state index in [1.165, 1.54) is 0 Å². The summed E-state index contributed by atoms with van der Waals surface area (Å²) in [5.74, 6) is 0.307. The van der Waals surface area contributed by atoms with E-state index in [0.717, 1.165) is 25.9 Å². The molecule has 1 aromatic heterocycles. The average Bonchev–Trinajstić information content (AvgIpc) is 3.12. The van der Waals surface area contributed by atoms with E-state index in [1.807, 2.05) is 60.7 Å². The van der Waals surface area contributed by atoms with Crippen LogP contribution in [-0.4, -0.2) is 16.0 Å². The quantitative estimate of drug-likeness (QED) is 0.299. The summed E-state index contributed by atoms with van der Waals surface area (Å²) in [4.78, 5) is 16.7. The van der Waals surface area contributed by atoms with Crippen LogP contribution in [0.1, 0.15) is 10.4 Å². The Morgan fingerprint density at radius 3 is 2.54 bits per heavy atom. The Bertz CT molecular complexity index is 1140. The lowest BCUT2D eigenvalue weighted by Gasteiger charge is -2.10. The summed E-state index contributed by atoms with van der Waals surface area (Å²) in [6.07, 6.45) is 0. The molecule has 28 heavy (non-hydrogen) atoms. The third-order valence-electron chi connectivity index (χ3n) is 4.00. The number of aromatic nitrogens is 1. The number of oxazole rings is 1. The monoisotopic (exact) mass is 499 g/mol. The van der Waals surface area contributed by atoms with Crippen molar-refractivity contribution in [2.45, 2.75) is 0 Å². The van der Waals surface area contributed by atoms with Gasteiger partial charge in [0, 0.05) is 20.4 Å². The van der Waals surface area contributed by atoms with Gasteiger partial charge in [-0.15, -0.1) is 0 Å². The minimum absolute atomic E-state index is 0.235. The number of hydrogen-bond acceptors (Lipinski definition) is 4. The smallest absolute Gasteiger partial charge is 0.257 e. The third kappa shape index (κ3) is 4.20. The van der Waals surface area contributed by atoms with Crippen molar-refractivity contribution in [1.82, 2.24) is 10.3 Å². The first-order chi connectivity index (χ1) is 13.6. The lowest BCUT2D eigenvalue weighted by Crippen LogP contribution is -2.34. The summed E-state index contributed by atoms with van der Waals surface area (Å²) in [5, 5.41) is 5.93. The van der Waals surface area contributed by atoms with Crippen molar-refractivity contribution in [2.24, 2.45) is 0 Å². The standard InChI is InChI=1S/C21H14IN3O2S/c22-15-5-3-4-14(12-15)19(26)25-21(28)23-16-10-8-13(9-11-16)20-24-17-6-1-2-7-18(17)27-20/h1-12H,(H2,23,25,26,28). The van der Waals surface area contributed by atoms with Crippen LogP contribution in [0.25, 0.3) is 22.6 Å². The summed E-state index contributed by atoms with van der Waals surface area (Å²) >= 11 is 7.40. The molecule has 5 nitrogen and oxygen atoms in total. The SMILES string of the molecule is O=C(NC(=S)Nc1ccc(-c2nc3ccccc3o2)cc1)c1cccc(I)c1. The van der Waals surface area contributed by atoms with Gasteiger partial charge in [-0.05, 0) is 89.4 Å². The Morgan fingerprint density at radius 1 is 1.00 bits per heavy atom. The number of carbonyl (C=O) groups is 1. The molecule has 3 aromatic carbocycles. The van der Waals surface area contributed by atoms with Crippen molar-refractivity contribution < 1.29 is 9.21 Å². The molecule has 0 atom stereocenters. The zero-order valence-corrected chi connectivity index (χ0v) is 17.5. The molecule has 0 aliphatic heterocycles. The number of amides is 1. The van der Waals surface area contributed by atoms with E-state index < -0.39 is 0 Å². The summed E-state index contributed by atoms with van der Waals surface area (Å²) < 4.78 is 6.76. The molecule has 1 amide bonds. The predicted molar refractivity (Wildman–Crippen MR) is 122 cm³/mol. The zero-order valence-electron chi connectivity index (χ0n) is 14.5. The van der Waals surface area contributed by atoms with E-state index >= 15 is 0 Å². The van der Waals surface area contributed by atoms with E-state index in [2.05, 4.69) is 38.2 Å². The second-order valence-electron chi connectivity index (χ2n) is 5.98. The van der Waals surface area contributed by atoms with E-state index in [9.17, 15) is 4.79 Å². The number of benzene rings is 3. The first-order valence-corrected chi connectivity index (χ1v) is 9.91. The van der Waals surface area contributed by atoms with Crippen LogP contribution in [-0.2, 0) is 0 Å². The summed E-state index contributed by atoms with van der Waals surface area (Å²) in [7, 11) is 0. The molecule has 7 heteroatoms. The first kappa shape index (κ1) is 18.6. The van der Waals surface area contributed by atoms with Crippen molar-refractivity contribution in [1.29, 1.82) is 0 Å². The second-order valence-corrected chi connectivity index (χ2v) is 7.64. The number of nitrogens with zero attached hydrogens (tertiary/aromatic N) is 1. The van der Waals surface area contributed by atoms with Gasteiger partial charge in [0.2, 0.25) is 5.89 Å². The number of fused-ring (bicyclic) bond motifs is 1. The van der Waals surface area contributed by atoms with Crippen LogP contribution in [0.15, 0.2) is 77.2 Å². The van der Waals surface area contributed by atoms with Crippen LogP contribution in [0, 0.1) is 3.57 Å². The highest BCUT2D eigenvalue weighted by atomic mass is 127. The zero-order chi connectivity index (χ0) is 19.5. The van der Waals surface area contributed by atoms with Crippen molar-refractivity contribution in [3.05, 3.63) is 81.9 Å². The van der Waals surface area contributed by atoms with E-state index in [-0.39, 0.29) is 11.0 Å². The first-order valence-electron chi connectivity index (χ1n) is 8.42.